The van der Waals surface area contributed by atoms with Gasteiger partial charge in [-0.2, -0.15) is 0 Å². The van der Waals surface area contributed by atoms with Gasteiger partial charge in [-0.3, -0.25) is 9.78 Å². The van der Waals surface area contributed by atoms with Crippen LogP contribution in [0.3, 0.4) is 0 Å². The lowest BCUT2D eigenvalue weighted by Gasteiger charge is -2.09. The molecule has 0 saturated carbocycles. The number of hydrogen-bond donors (Lipinski definition) is 1. The number of aryl methyl sites for hydroxylation is 2. The smallest absolute Gasteiger partial charge is 0.257 e. The summed E-state index contributed by atoms with van der Waals surface area (Å²) in [5.74, 6) is -0.161. The summed E-state index contributed by atoms with van der Waals surface area (Å²) < 4.78 is 0. The van der Waals surface area contributed by atoms with Crippen molar-refractivity contribution in [2.24, 2.45) is 0 Å². The topological polar surface area (TPSA) is 42.0 Å². The third-order valence-corrected chi connectivity index (χ3v) is 2.92. The van der Waals surface area contributed by atoms with Crippen LogP contribution in [0.5, 0.6) is 0 Å². The molecule has 1 amide bonds. The number of carbonyl (C=O) groups excluding carboxylic acids is 1. The fourth-order valence-corrected chi connectivity index (χ4v) is 1.91. The second-order valence-electron chi connectivity index (χ2n) is 4.05. The van der Waals surface area contributed by atoms with Crippen molar-refractivity contribution in [1.29, 1.82) is 0 Å². The van der Waals surface area contributed by atoms with Gasteiger partial charge >= 0.3 is 0 Å². The highest BCUT2D eigenvalue weighted by Crippen LogP contribution is 2.20. The number of nitrogens with one attached hydrogen (secondary N) is 1. The van der Waals surface area contributed by atoms with E-state index in [4.69, 9.17) is 11.6 Å². The summed E-state index contributed by atoms with van der Waals surface area (Å²) in [6.45, 7) is 3.71. The zero-order valence-electron chi connectivity index (χ0n) is 10.2. The first-order chi connectivity index (χ1) is 8.58. The number of pyridine rings is 1. The molecule has 0 radical (unpaired) electrons. The van der Waals surface area contributed by atoms with Crippen molar-refractivity contribution in [3.05, 3.63) is 58.4 Å². The largest absolute Gasteiger partial charge is 0.322 e. The van der Waals surface area contributed by atoms with Gasteiger partial charge in [-0.05, 0) is 49.7 Å². The normalized spacial score (nSPS) is 10.2. The summed E-state index contributed by atoms with van der Waals surface area (Å²) in [7, 11) is 0. The van der Waals surface area contributed by atoms with Crippen LogP contribution in [0.2, 0.25) is 5.02 Å². The molecule has 92 valence electrons. The number of rotatable bonds is 2. The highest BCUT2D eigenvalue weighted by molar-refractivity contribution is 6.30. The summed E-state index contributed by atoms with van der Waals surface area (Å²) in [4.78, 5) is 16.2. The zero-order chi connectivity index (χ0) is 13.1. The summed E-state index contributed by atoms with van der Waals surface area (Å²) in [6.07, 6.45) is 1.67. The number of halogens is 1. The van der Waals surface area contributed by atoms with E-state index in [0.717, 1.165) is 11.3 Å². The van der Waals surface area contributed by atoms with Crippen molar-refractivity contribution in [3.63, 3.8) is 0 Å². The molecule has 2 rings (SSSR count). The van der Waals surface area contributed by atoms with Crippen LogP contribution in [-0.2, 0) is 0 Å². The van der Waals surface area contributed by atoms with Gasteiger partial charge in [0.25, 0.3) is 5.91 Å². The standard InChI is InChI=1S/C14H13ClN2O/c1-9-8-11(15)5-6-13(9)17-14(18)12-4-3-7-16-10(12)2/h3-8H,1-2H3,(H,17,18). The number of hydrogen-bond acceptors (Lipinski definition) is 2. The third kappa shape index (κ3) is 2.68. The molecular formula is C14H13ClN2O. The molecule has 1 N–H and O–H groups in total. The molecular weight excluding hydrogens is 248 g/mol. The summed E-state index contributed by atoms with van der Waals surface area (Å²) in [5, 5.41) is 3.51. The Morgan fingerprint density at radius 2 is 2.06 bits per heavy atom. The van der Waals surface area contributed by atoms with Crippen molar-refractivity contribution in [2.75, 3.05) is 5.32 Å². The van der Waals surface area contributed by atoms with Gasteiger partial charge in [0.2, 0.25) is 0 Å². The molecule has 0 aliphatic rings. The molecule has 1 aromatic heterocycles. The molecule has 2 aromatic rings. The summed E-state index contributed by atoms with van der Waals surface area (Å²) >= 11 is 5.87. The second kappa shape index (κ2) is 5.19. The Balaban J connectivity index is 2.24. The molecule has 0 aliphatic carbocycles. The SMILES string of the molecule is Cc1cc(Cl)ccc1NC(=O)c1cccnc1C. The second-order valence-corrected chi connectivity index (χ2v) is 4.49. The van der Waals surface area contributed by atoms with Crippen molar-refractivity contribution < 1.29 is 4.79 Å². The van der Waals surface area contributed by atoms with E-state index in [2.05, 4.69) is 10.3 Å². The summed E-state index contributed by atoms with van der Waals surface area (Å²) in [6, 6.07) is 8.86. The number of nitrogens with zero attached hydrogens (tertiary/aromatic N) is 1. The Kier molecular flexibility index (Phi) is 3.63. The maximum absolute atomic E-state index is 12.1. The van der Waals surface area contributed by atoms with Crippen molar-refractivity contribution in [2.45, 2.75) is 13.8 Å². The van der Waals surface area contributed by atoms with Crippen LogP contribution in [0, 0.1) is 13.8 Å². The lowest BCUT2D eigenvalue weighted by molar-refractivity contribution is 0.102. The van der Waals surface area contributed by atoms with E-state index in [1.54, 1.807) is 30.5 Å². The number of anilines is 1. The van der Waals surface area contributed by atoms with E-state index in [0.29, 0.717) is 16.3 Å². The van der Waals surface area contributed by atoms with E-state index in [9.17, 15) is 4.79 Å². The van der Waals surface area contributed by atoms with Gasteiger partial charge in [0.15, 0.2) is 0 Å². The predicted molar refractivity (Wildman–Crippen MR) is 73.1 cm³/mol. The van der Waals surface area contributed by atoms with Gasteiger partial charge in [-0.1, -0.05) is 11.6 Å². The Morgan fingerprint density at radius 3 is 2.72 bits per heavy atom. The van der Waals surface area contributed by atoms with Gasteiger partial charge < -0.3 is 5.32 Å². The van der Waals surface area contributed by atoms with E-state index in [1.807, 2.05) is 19.9 Å². The molecule has 0 spiro atoms. The van der Waals surface area contributed by atoms with Gasteiger partial charge in [-0.15, -0.1) is 0 Å². The highest BCUT2D eigenvalue weighted by atomic mass is 35.5. The molecule has 0 aliphatic heterocycles. The maximum atomic E-state index is 12.1. The molecule has 0 atom stereocenters. The molecule has 0 unspecified atom stereocenters. The molecule has 0 saturated heterocycles. The van der Waals surface area contributed by atoms with Crippen LogP contribution < -0.4 is 5.32 Å². The Morgan fingerprint density at radius 1 is 1.28 bits per heavy atom. The zero-order valence-corrected chi connectivity index (χ0v) is 11.0. The number of amides is 1. The number of aromatic nitrogens is 1. The first kappa shape index (κ1) is 12.6. The first-order valence-electron chi connectivity index (χ1n) is 5.57. The Hall–Kier alpha value is -1.87. The summed E-state index contributed by atoms with van der Waals surface area (Å²) in [5.41, 5.74) is 2.97. The minimum Gasteiger partial charge on any atom is -0.322 e. The lowest BCUT2D eigenvalue weighted by Crippen LogP contribution is -2.14. The molecule has 0 fully saturated rings. The highest BCUT2D eigenvalue weighted by Gasteiger charge is 2.10. The average molecular weight is 261 g/mol. The Labute approximate surface area is 111 Å². The van der Waals surface area contributed by atoms with E-state index in [1.165, 1.54) is 0 Å². The van der Waals surface area contributed by atoms with Gasteiger partial charge in [0.1, 0.15) is 0 Å². The van der Waals surface area contributed by atoms with Crippen LogP contribution in [0.15, 0.2) is 36.5 Å². The van der Waals surface area contributed by atoms with Crippen LogP contribution >= 0.6 is 11.6 Å². The Bertz CT molecular complexity index is 596. The molecule has 18 heavy (non-hydrogen) atoms. The molecule has 1 heterocycles. The average Bonchev–Trinajstić information content (AvgIpc) is 2.33. The molecule has 1 aromatic carbocycles. The van der Waals surface area contributed by atoms with Crippen LogP contribution in [0.4, 0.5) is 5.69 Å². The fraction of sp³-hybridized carbons (Fsp3) is 0.143. The van der Waals surface area contributed by atoms with Gasteiger partial charge in [-0.25, -0.2) is 0 Å². The van der Waals surface area contributed by atoms with Crippen LogP contribution in [-0.4, -0.2) is 10.9 Å². The first-order valence-corrected chi connectivity index (χ1v) is 5.95. The number of benzene rings is 1. The quantitative estimate of drug-likeness (QED) is 0.896. The monoisotopic (exact) mass is 260 g/mol. The molecule has 4 heteroatoms. The van der Waals surface area contributed by atoms with Crippen molar-refractivity contribution in [1.82, 2.24) is 4.98 Å². The van der Waals surface area contributed by atoms with E-state index >= 15 is 0 Å². The fourth-order valence-electron chi connectivity index (χ4n) is 1.68. The predicted octanol–water partition coefficient (Wildman–Crippen LogP) is 3.60. The minimum atomic E-state index is -0.161. The maximum Gasteiger partial charge on any atom is 0.257 e. The third-order valence-electron chi connectivity index (χ3n) is 2.69. The van der Waals surface area contributed by atoms with Crippen LogP contribution in [0.1, 0.15) is 21.6 Å². The molecule has 0 bridgehead atoms. The van der Waals surface area contributed by atoms with E-state index < -0.39 is 0 Å². The minimum absolute atomic E-state index is 0.161. The number of carbonyl (C=O) groups is 1. The van der Waals surface area contributed by atoms with Crippen LogP contribution in [0.25, 0.3) is 0 Å². The van der Waals surface area contributed by atoms with E-state index in [-0.39, 0.29) is 5.91 Å². The lowest BCUT2D eigenvalue weighted by atomic mass is 10.1. The van der Waals surface area contributed by atoms with Crippen molar-refractivity contribution in [3.8, 4) is 0 Å². The molecule has 3 nitrogen and oxygen atoms in total. The van der Waals surface area contributed by atoms with Crippen molar-refractivity contribution >= 4 is 23.2 Å². The van der Waals surface area contributed by atoms with Gasteiger partial charge in [0.05, 0.1) is 5.56 Å². The van der Waals surface area contributed by atoms with Gasteiger partial charge in [0, 0.05) is 22.6 Å².